The summed E-state index contributed by atoms with van der Waals surface area (Å²) in [6, 6.07) is 12.1. The van der Waals surface area contributed by atoms with E-state index >= 15 is 0 Å². The van der Waals surface area contributed by atoms with Crippen LogP contribution in [0.3, 0.4) is 0 Å². The van der Waals surface area contributed by atoms with Crippen molar-refractivity contribution in [3.8, 4) is 16.3 Å². The molecule has 0 atom stereocenters. The molecule has 1 heterocycles. The van der Waals surface area contributed by atoms with Crippen LogP contribution in [-0.2, 0) is 17.5 Å². The number of rotatable bonds is 8. The number of carbonyl (C=O) groups is 1. The first kappa shape index (κ1) is 21.8. The first-order chi connectivity index (χ1) is 14.4. The number of hydrogen-bond acceptors (Lipinski definition) is 5. The fraction of sp³-hybridized carbons (Fsp3) is 0.238. The number of halogens is 3. The van der Waals surface area contributed by atoms with Crippen LogP contribution in [-0.4, -0.2) is 31.2 Å². The quantitative estimate of drug-likeness (QED) is 0.516. The molecule has 2 aromatic carbocycles. The second-order valence-corrected chi connectivity index (χ2v) is 7.13. The van der Waals surface area contributed by atoms with Crippen molar-refractivity contribution in [2.75, 3.05) is 20.3 Å². The third kappa shape index (κ3) is 5.58. The number of thiazole rings is 1. The Labute approximate surface area is 175 Å². The van der Waals surface area contributed by atoms with Crippen molar-refractivity contribution < 1.29 is 27.4 Å². The number of hydrogen-bond donors (Lipinski definition) is 1. The van der Waals surface area contributed by atoms with E-state index in [1.54, 1.807) is 42.8 Å². The number of nitrogens with one attached hydrogen (secondary N) is 1. The number of para-hydroxylation sites is 1. The van der Waals surface area contributed by atoms with E-state index in [4.69, 9.17) is 9.47 Å². The Hall–Kier alpha value is -2.91. The normalized spacial score (nSPS) is 11.3. The van der Waals surface area contributed by atoms with Gasteiger partial charge in [0.25, 0.3) is 5.91 Å². The molecule has 1 amide bonds. The summed E-state index contributed by atoms with van der Waals surface area (Å²) in [6.07, 6.45) is -4.41. The number of benzene rings is 2. The minimum Gasteiger partial charge on any atom is -0.488 e. The molecule has 0 aliphatic heterocycles. The van der Waals surface area contributed by atoms with Gasteiger partial charge < -0.3 is 14.8 Å². The number of ether oxygens (including phenoxy) is 2. The predicted octanol–water partition coefficient (Wildman–Crippen LogP) is 4.78. The van der Waals surface area contributed by atoms with Gasteiger partial charge in [-0.25, -0.2) is 4.98 Å². The topological polar surface area (TPSA) is 60.5 Å². The molecule has 5 nitrogen and oxygen atoms in total. The van der Waals surface area contributed by atoms with Gasteiger partial charge in [-0.3, -0.25) is 4.79 Å². The van der Waals surface area contributed by atoms with E-state index in [-0.39, 0.29) is 18.2 Å². The van der Waals surface area contributed by atoms with Gasteiger partial charge in [0.1, 0.15) is 23.1 Å². The fourth-order valence-corrected chi connectivity index (χ4v) is 3.46. The highest BCUT2D eigenvalue weighted by molar-refractivity contribution is 7.13. The third-order valence-electron chi connectivity index (χ3n) is 4.09. The van der Waals surface area contributed by atoms with E-state index in [0.29, 0.717) is 35.0 Å². The molecule has 3 aromatic rings. The van der Waals surface area contributed by atoms with E-state index in [9.17, 15) is 18.0 Å². The van der Waals surface area contributed by atoms with Crippen LogP contribution in [0.5, 0.6) is 5.75 Å². The Morgan fingerprint density at radius 2 is 1.97 bits per heavy atom. The monoisotopic (exact) mass is 436 g/mol. The Morgan fingerprint density at radius 1 is 1.17 bits per heavy atom. The zero-order valence-electron chi connectivity index (χ0n) is 16.0. The summed E-state index contributed by atoms with van der Waals surface area (Å²) in [5.74, 6) is 0.160. The minimum absolute atomic E-state index is 0.0311. The van der Waals surface area contributed by atoms with Crippen LogP contribution in [0.25, 0.3) is 10.6 Å². The molecule has 0 aliphatic carbocycles. The average Bonchev–Trinajstić information content (AvgIpc) is 3.22. The van der Waals surface area contributed by atoms with Gasteiger partial charge in [0.2, 0.25) is 0 Å². The van der Waals surface area contributed by atoms with E-state index in [1.807, 2.05) is 0 Å². The van der Waals surface area contributed by atoms with Crippen LogP contribution in [0.2, 0.25) is 0 Å². The summed E-state index contributed by atoms with van der Waals surface area (Å²) in [7, 11) is 1.55. The number of amides is 1. The van der Waals surface area contributed by atoms with Crippen LogP contribution in [0.1, 0.15) is 21.6 Å². The molecule has 0 aliphatic rings. The largest absolute Gasteiger partial charge is 0.488 e. The Morgan fingerprint density at radius 3 is 2.73 bits per heavy atom. The molecule has 1 N–H and O–H groups in total. The highest BCUT2D eigenvalue weighted by atomic mass is 32.1. The Kier molecular flexibility index (Phi) is 7.07. The van der Waals surface area contributed by atoms with E-state index in [1.165, 1.54) is 17.4 Å². The van der Waals surface area contributed by atoms with Gasteiger partial charge in [-0.1, -0.05) is 24.3 Å². The standard InChI is InChI=1S/C21H19F3N2O3S/c1-28-10-9-25-19(27)17-13-30-20(26-17)16-7-2-3-8-18(16)29-12-14-5-4-6-15(11-14)21(22,23)24/h2-8,11,13H,9-10,12H2,1H3,(H,25,27). The lowest BCUT2D eigenvalue weighted by Gasteiger charge is -2.12. The lowest BCUT2D eigenvalue weighted by atomic mass is 10.1. The van der Waals surface area contributed by atoms with Gasteiger partial charge in [0.15, 0.2) is 0 Å². The lowest BCUT2D eigenvalue weighted by molar-refractivity contribution is -0.137. The second kappa shape index (κ2) is 9.73. The summed E-state index contributed by atoms with van der Waals surface area (Å²) in [6.45, 7) is 0.741. The van der Waals surface area contributed by atoms with Crippen LogP contribution >= 0.6 is 11.3 Å². The van der Waals surface area contributed by atoms with Crippen molar-refractivity contribution in [3.05, 3.63) is 70.7 Å². The summed E-state index contributed by atoms with van der Waals surface area (Å²) in [4.78, 5) is 16.5. The molecule has 1 aromatic heterocycles. The highest BCUT2D eigenvalue weighted by Gasteiger charge is 2.30. The van der Waals surface area contributed by atoms with E-state index in [2.05, 4.69) is 10.3 Å². The molecule has 0 bridgehead atoms. The van der Waals surface area contributed by atoms with Gasteiger partial charge in [-0.15, -0.1) is 11.3 Å². The zero-order chi connectivity index (χ0) is 21.6. The second-order valence-electron chi connectivity index (χ2n) is 6.27. The van der Waals surface area contributed by atoms with Gasteiger partial charge >= 0.3 is 6.18 Å². The number of carbonyl (C=O) groups excluding carboxylic acids is 1. The average molecular weight is 436 g/mol. The number of aromatic nitrogens is 1. The molecule has 9 heteroatoms. The molecule has 0 spiro atoms. The number of alkyl halides is 3. The summed E-state index contributed by atoms with van der Waals surface area (Å²) >= 11 is 1.28. The molecular weight excluding hydrogens is 417 g/mol. The van der Waals surface area contributed by atoms with E-state index in [0.717, 1.165) is 12.1 Å². The third-order valence-corrected chi connectivity index (χ3v) is 4.97. The van der Waals surface area contributed by atoms with Crippen molar-refractivity contribution >= 4 is 17.2 Å². The Balaban J connectivity index is 1.74. The summed E-state index contributed by atoms with van der Waals surface area (Å²) in [5.41, 5.74) is 0.613. The maximum Gasteiger partial charge on any atom is 0.416 e. The molecule has 0 fully saturated rings. The van der Waals surface area contributed by atoms with Crippen molar-refractivity contribution in [2.45, 2.75) is 12.8 Å². The molecule has 0 radical (unpaired) electrons. The molecule has 158 valence electrons. The van der Waals surface area contributed by atoms with Crippen LogP contribution in [0, 0.1) is 0 Å². The fourth-order valence-electron chi connectivity index (χ4n) is 2.63. The van der Waals surface area contributed by atoms with Crippen molar-refractivity contribution in [1.29, 1.82) is 0 Å². The van der Waals surface area contributed by atoms with Crippen LogP contribution < -0.4 is 10.1 Å². The molecular formula is C21H19F3N2O3S. The summed E-state index contributed by atoms with van der Waals surface area (Å²) < 4.78 is 49.4. The maximum atomic E-state index is 12.9. The van der Waals surface area contributed by atoms with Crippen molar-refractivity contribution in [3.63, 3.8) is 0 Å². The van der Waals surface area contributed by atoms with Gasteiger partial charge in [0.05, 0.1) is 17.7 Å². The molecule has 3 rings (SSSR count). The highest BCUT2D eigenvalue weighted by Crippen LogP contribution is 2.33. The summed E-state index contributed by atoms with van der Waals surface area (Å²) in [5, 5.41) is 4.92. The van der Waals surface area contributed by atoms with E-state index < -0.39 is 11.7 Å². The first-order valence-electron chi connectivity index (χ1n) is 8.99. The molecule has 0 unspecified atom stereocenters. The van der Waals surface area contributed by atoms with Gasteiger partial charge in [-0.05, 0) is 29.8 Å². The van der Waals surface area contributed by atoms with Crippen molar-refractivity contribution in [1.82, 2.24) is 10.3 Å². The van der Waals surface area contributed by atoms with Gasteiger partial charge in [0, 0.05) is 19.0 Å². The Bertz CT molecular complexity index is 1000. The van der Waals surface area contributed by atoms with Crippen molar-refractivity contribution in [2.24, 2.45) is 0 Å². The maximum absolute atomic E-state index is 12.9. The predicted molar refractivity (Wildman–Crippen MR) is 108 cm³/mol. The van der Waals surface area contributed by atoms with Crippen LogP contribution in [0.4, 0.5) is 13.2 Å². The molecule has 30 heavy (non-hydrogen) atoms. The minimum atomic E-state index is -4.41. The molecule has 0 saturated heterocycles. The zero-order valence-corrected chi connectivity index (χ0v) is 16.8. The SMILES string of the molecule is COCCNC(=O)c1csc(-c2ccccc2OCc2cccc(C(F)(F)F)c2)n1. The molecule has 0 saturated carbocycles. The first-order valence-corrected chi connectivity index (χ1v) is 9.87. The lowest BCUT2D eigenvalue weighted by Crippen LogP contribution is -2.27. The van der Waals surface area contributed by atoms with Gasteiger partial charge in [-0.2, -0.15) is 13.2 Å². The smallest absolute Gasteiger partial charge is 0.416 e. The van der Waals surface area contributed by atoms with Crippen LogP contribution in [0.15, 0.2) is 53.9 Å². The number of nitrogens with zero attached hydrogens (tertiary/aromatic N) is 1. The number of methoxy groups -OCH3 is 1.